The van der Waals surface area contributed by atoms with Crippen LogP contribution in [-0.2, 0) is 0 Å². The highest BCUT2D eigenvalue weighted by atomic mass is 19.1. The molecule has 2 N–H and O–H groups in total. The van der Waals surface area contributed by atoms with E-state index in [1.165, 1.54) is 37.8 Å². The Morgan fingerprint density at radius 3 is 2.31 bits per heavy atom. The molecule has 26 heavy (non-hydrogen) atoms. The molecule has 0 amide bonds. The Kier molecular flexibility index (Phi) is 6.01. The van der Waals surface area contributed by atoms with Crippen LogP contribution in [0.1, 0.15) is 25.7 Å². The van der Waals surface area contributed by atoms with E-state index < -0.39 is 0 Å². The second-order valence-electron chi connectivity index (χ2n) is 8.07. The zero-order chi connectivity index (χ0) is 18.6. The number of piperazine rings is 1. The second-order valence-corrected chi connectivity index (χ2v) is 8.07. The van der Waals surface area contributed by atoms with E-state index in [2.05, 4.69) is 28.8 Å². The van der Waals surface area contributed by atoms with Crippen LogP contribution in [0.2, 0.25) is 0 Å². The summed E-state index contributed by atoms with van der Waals surface area (Å²) >= 11 is 0. The zero-order valence-electron chi connectivity index (χ0n) is 16.1. The maximum atomic E-state index is 13.1. The molecule has 5 nitrogen and oxygen atoms in total. The van der Waals surface area contributed by atoms with Crippen molar-refractivity contribution >= 4 is 11.6 Å². The Morgan fingerprint density at radius 2 is 1.73 bits per heavy atom. The van der Waals surface area contributed by atoms with Crippen molar-refractivity contribution in [1.29, 1.82) is 0 Å². The first-order valence-electron chi connectivity index (χ1n) is 9.68. The van der Waals surface area contributed by atoms with Gasteiger partial charge < -0.3 is 20.4 Å². The van der Waals surface area contributed by atoms with Crippen LogP contribution in [-0.4, -0.2) is 69.1 Å². The third kappa shape index (κ3) is 4.67. The maximum Gasteiger partial charge on any atom is 0.191 e. The molecule has 1 aromatic rings. The van der Waals surface area contributed by atoms with Gasteiger partial charge in [0, 0.05) is 50.4 Å². The van der Waals surface area contributed by atoms with Gasteiger partial charge in [0.15, 0.2) is 5.96 Å². The van der Waals surface area contributed by atoms with Crippen molar-refractivity contribution in [1.82, 2.24) is 9.80 Å². The number of anilines is 1. The first kappa shape index (κ1) is 19.0. The second kappa shape index (κ2) is 8.25. The van der Waals surface area contributed by atoms with E-state index in [0.29, 0.717) is 11.4 Å². The van der Waals surface area contributed by atoms with E-state index in [4.69, 9.17) is 10.7 Å². The quantitative estimate of drug-likeness (QED) is 0.646. The van der Waals surface area contributed by atoms with Gasteiger partial charge in [-0.05, 0) is 51.2 Å². The van der Waals surface area contributed by atoms with Crippen molar-refractivity contribution in [2.45, 2.75) is 25.7 Å². The van der Waals surface area contributed by atoms with Crippen molar-refractivity contribution in [3.05, 3.63) is 30.1 Å². The highest BCUT2D eigenvalue weighted by Gasteiger charge is 2.34. The van der Waals surface area contributed by atoms with Crippen LogP contribution in [0.15, 0.2) is 29.3 Å². The molecule has 0 atom stereocenters. The van der Waals surface area contributed by atoms with Crippen molar-refractivity contribution in [3.8, 4) is 0 Å². The minimum absolute atomic E-state index is 0.192. The molecule has 1 saturated carbocycles. The van der Waals surface area contributed by atoms with E-state index in [0.717, 1.165) is 45.0 Å². The lowest BCUT2D eigenvalue weighted by Crippen LogP contribution is -2.51. The average molecular weight is 362 g/mol. The monoisotopic (exact) mass is 361 g/mol. The number of hydrogen-bond acceptors (Lipinski definition) is 3. The topological polar surface area (TPSA) is 48.1 Å². The largest absolute Gasteiger partial charge is 0.370 e. The summed E-state index contributed by atoms with van der Waals surface area (Å²) in [6.07, 6.45) is 5.11. The fourth-order valence-electron chi connectivity index (χ4n) is 4.36. The summed E-state index contributed by atoms with van der Waals surface area (Å²) in [4.78, 5) is 11.5. The van der Waals surface area contributed by atoms with Crippen LogP contribution in [0.5, 0.6) is 0 Å². The average Bonchev–Trinajstić information content (AvgIpc) is 3.08. The van der Waals surface area contributed by atoms with Crippen LogP contribution in [0.4, 0.5) is 10.1 Å². The Balaban J connectivity index is 1.55. The van der Waals surface area contributed by atoms with Gasteiger partial charge in [-0.2, -0.15) is 0 Å². The molecule has 1 aliphatic heterocycles. The third-order valence-electron chi connectivity index (χ3n) is 5.69. The number of nitrogens with two attached hydrogens (primary N) is 1. The summed E-state index contributed by atoms with van der Waals surface area (Å²) in [5.74, 6) is 0.483. The van der Waals surface area contributed by atoms with Gasteiger partial charge in [-0.15, -0.1) is 0 Å². The Labute approximate surface area is 156 Å². The molecule has 3 rings (SSSR count). The Hall–Kier alpha value is -1.82. The van der Waals surface area contributed by atoms with Crippen LogP contribution in [0, 0.1) is 11.2 Å². The molecule has 1 saturated heterocycles. The predicted octanol–water partition coefficient (Wildman–Crippen LogP) is 2.38. The molecule has 6 heteroatoms. The Bertz CT molecular complexity index is 599. The highest BCUT2D eigenvalue weighted by molar-refractivity contribution is 5.78. The minimum atomic E-state index is -0.192. The fraction of sp³-hybridized carbons (Fsp3) is 0.650. The third-order valence-corrected chi connectivity index (χ3v) is 5.69. The standard InChI is InChI=1S/C20H32FN5/c1-24(2)16-20(9-3-4-10-20)15-23-19(22)26-13-11-25(12-14-26)18-7-5-17(21)6-8-18/h5-8H,3-4,9-16H2,1-2H3,(H2,22,23). The summed E-state index contributed by atoms with van der Waals surface area (Å²) in [6.45, 7) is 5.38. The summed E-state index contributed by atoms with van der Waals surface area (Å²) < 4.78 is 13.1. The van der Waals surface area contributed by atoms with Crippen molar-refractivity contribution in [2.75, 3.05) is 58.3 Å². The van der Waals surface area contributed by atoms with E-state index in [9.17, 15) is 4.39 Å². The van der Waals surface area contributed by atoms with Gasteiger partial charge in [-0.1, -0.05) is 12.8 Å². The van der Waals surface area contributed by atoms with Crippen molar-refractivity contribution in [2.24, 2.45) is 16.1 Å². The summed E-state index contributed by atoms with van der Waals surface area (Å²) in [5, 5.41) is 0. The van der Waals surface area contributed by atoms with Gasteiger partial charge in [0.2, 0.25) is 0 Å². The van der Waals surface area contributed by atoms with Gasteiger partial charge >= 0.3 is 0 Å². The van der Waals surface area contributed by atoms with Crippen molar-refractivity contribution < 1.29 is 4.39 Å². The summed E-state index contributed by atoms with van der Waals surface area (Å²) in [6, 6.07) is 6.72. The van der Waals surface area contributed by atoms with Crippen LogP contribution < -0.4 is 10.6 Å². The smallest absolute Gasteiger partial charge is 0.191 e. The number of rotatable bonds is 5. The normalized spacial score (nSPS) is 20.8. The van der Waals surface area contributed by atoms with Crippen LogP contribution in [0.3, 0.4) is 0 Å². The number of hydrogen-bond donors (Lipinski definition) is 1. The van der Waals surface area contributed by atoms with Crippen LogP contribution >= 0.6 is 0 Å². The zero-order valence-corrected chi connectivity index (χ0v) is 16.1. The van der Waals surface area contributed by atoms with E-state index in [1.807, 2.05) is 12.1 Å². The molecule has 0 unspecified atom stereocenters. The molecular formula is C20H32FN5. The van der Waals surface area contributed by atoms with Crippen LogP contribution in [0.25, 0.3) is 0 Å². The highest BCUT2D eigenvalue weighted by Crippen LogP contribution is 2.38. The summed E-state index contributed by atoms with van der Waals surface area (Å²) in [7, 11) is 4.28. The minimum Gasteiger partial charge on any atom is -0.370 e. The first-order valence-corrected chi connectivity index (χ1v) is 9.68. The number of halogens is 1. The molecule has 2 fully saturated rings. The summed E-state index contributed by atoms with van der Waals surface area (Å²) in [5.41, 5.74) is 7.68. The van der Waals surface area contributed by atoms with Crippen molar-refractivity contribution in [3.63, 3.8) is 0 Å². The van der Waals surface area contributed by atoms with Gasteiger partial charge in [0.05, 0.1) is 0 Å². The molecule has 2 aliphatic rings. The predicted molar refractivity (Wildman–Crippen MR) is 106 cm³/mol. The molecular weight excluding hydrogens is 329 g/mol. The van der Waals surface area contributed by atoms with Gasteiger partial charge in [-0.25, -0.2) is 4.39 Å². The molecule has 0 spiro atoms. The Morgan fingerprint density at radius 1 is 1.12 bits per heavy atom. The lowest BCUT2D eigenvalue weighted by atomic mass is 9.86. The fourth-order valence-corrected chi connectivity index (χ4v) is 4.36. The van der Waals surface area contributed by atoms with E-state index in [-0.39, 0.29) is 5.82 Å². The number of guanidine groups is 1. The number of benzene rings is 1. The molecule has 0 radical (unpaired) electrons. The van der Waals surface area contributed by atoms with E-state index in [1.54, 1.807) is 0 Å². The maximum absolute atomic E-state index is 13.1. The molecule has 0 bridgehead atoms. The SMILES string of the molecule is CN(C)CC1(CN=C(N)N2CCN(c3ccc(F)cc3)CC2)CCCC1. The number of aliphatic imine (C=N–C) groups is 1. The van der Waals surface area contributed by atoms with Gasteiger partial charge in [0.25, 0.3) is 0 Å². The molecule has 1 aromatic carbocycles. The lowest BCUT2D eigenvalue weighted by Gasteiger charge is -2.37. The van der Waals surface area contributed by atoms with Gasteiger partial charge in [0.1, 0.15) is 5.82 Å². The lowest BCUT2D eigenvalue weighted by molar-refractivity contribution is 0.209. The number of nitrogens with zero attached hydrogens (tertiary/aromatic N) is 4. The molecule has 0 aromatic heterocycles. The first-order chi connectivity index (χ1) is 12.5. The molecule has 1 aliphatic carbocycles. The van der Waals surface area contributed by atoms with Gasteiger partial charge in [-0.3, -0.25) is 4.99 Å². The van der Waals surface area contributed by atoms with E-state index >= 15 is 0 Å². The molecule has 144 valence electrons. The molecule has 1 heterocycles.